The maximum atomic E-state index is 12.5. The lowest BCUT2D eigenvalue weighted by Crippen LogP contribution is -2.19. The van der Waals surface area contributed by atoms with E-state index in [4.69, 9.17) is 4.74 Å². The lowest BCUT2D eigenvalue weighted by atomic mass is 10.2. The van der Waals surface area contributed by atoms with Crippen LogP contribution < -0.4 is 14.8 Å². The summed E-state index contributed by atoms with van der Waals surface area (Å²) in [6.45, 7) is 0.247. The molecule has 0 fully saturated rings. The number of ether oxygens (including phenoxy) is 2. The summed E-state index contributed by atoms with van der Waals surface area (Å²) < 4.78 is 46.9. The quantitative estimate of drug-likeness (QED) is 0.648. The minimum Gasteiger partial charge on any atom is -0.487 e. The minimum absolute atomic E-state index is 0.0892. The van der Waals surface area contributed by atoms with Crippen molar-refractivity contribution >= 4 is 22.9 Å². The van der Waals surface area contributed by atoms with Crippen molar-refractivity contribution in [3.8, 4) is 11.5 Å². The Bertz CT molecular complexity index is 914. The molecule has 27 heavy (non-hydrogen) atoms. The summed E-state index contributed by atoms with van der Waals surface area (Å²) in [6.07, 6.45) is -4.86. The Morgan fingerprint density at radius 2 is 1.96 bits per heavy atom. The van der Waals surface area contributed by atoms with Crippen LogP contribution in [0.1, 0.15) is 16.1 Å². The van der Waals surface area contributed by atoms with E-state index < -0.39 is 18.0 Å². The highest BCUT2D eigenvalue weighted by Crippen LogP contribution is 2.30. The number of hydrogen-bond acceptors (Lipinski definition) is 5. The molecule has 0 aliphatic carbocycles. The molecule has 0 bridgehead atoms. The predicted octanol–water partition coefficient (Wildman–Crippen LogP) is 4.87. The van der Waals surface area contributed by atoms with E-state index in [1.807, 2.05) is 5.38 Å². The fraction of sp³-hybridized carbons (Fsp3) is 0.111. The molecule has 0 saturated carbocycles. The Hall–Kier alpha value is -3.07. The topological polar surface area (TPSA) is 60.5 Å². The number of aromatic nitrogens is 1. The first kappa shape index (κ1) is 18.7. The molecule has 0 saturated heterocycles. The van der Waals surface area contributed by atoms with Crippen LogP contribution in [-0.4, -0.2) is 17.3 Å². The monoisotopic (exact) mass is 394 g/mol. The van der Waals surface area contributed by atoms with Crippen molar-refractivity contribution in [1.29, 1.82) is 0 Å². The van der Waals surface area contributed by atoms with Crippen LogP contribution in [0.25, 0.3) is 0 Å². The number of amides is 1. The average Bonchev–Trinajstić information content (AvgIpc) is 3.14. The van der Waals surface area contributed by atoms with Crippen molar-refractivity contribution in [2.45, 2.75) is 13.0 Å². The largest absolute Gasteiger partial charge is 0.573 e. The van der Waals surface area contributed by atoms with Crippen LogP contribution in [0.2, 0.25) is 0 Å². The highest BCUT2D eigenvalue weighted by Gasteiger charge is 2.32. The summed E-state index contributed by atoms with van der Waals surface area (Å²) >= 11 is 1.44. The molecule has 0 aliphatic heterocycles. The molecule has 2 aromatic carbocycles. The number of nitrogens with zero attached hydrogens (tertiary/aromatic N) is 1. The first-order chi connectivity index (χ1) is 12.9. The molecule has 0 spiro atoms. The molecule has 5 nitrogen and oxygen atoms in total. The molecular weight excluding hydrogens is 381 g/mol. The summed E-state index contributed by atoms with van der Waals surface area (Å²) in [5.74, 6) is -0.642. The molecule has 3 rings (SSSR count). The van der Waals surface area contributed by atoms with Gasteiger partial charge in [0, 0.05) is 10.9 Å². The molecule has 0 radical (unpaired) electrons. The second-order valence-corrected chi connectivity index (χ2v) is 6.01. The van der Waals surface area contributed by atoms with Gasteiger partial charge in [0.15, 0.2) is 5.75 Å². The van der Waals surface area contributed by atoms with Gasteiger partial charge in [-0.2, -0.15) is 0 Å². The highest BCUT2D eigenvalue weighted by molar-refractivity contribution is 7.07. The van der Waals surface area contributed by atoms with Gasteiger partial charge < -0.3 is 14.8 Å². The molecule has 9 heteroatoms. The van der Waals surface area contributed by atoms with Gasteiger partial charge in [-0.15, -0.1) is 24.5 Å². The van der Waals surface area contributed by atoms with E-state index in [0.29, 0.717) is 5.75 Å². The first-order valence-corrected chi connectivity index (χ1v) is 8.61. The highest BCUT2D eigenvalue weighted by atomic mass is 32.1. The Balaban J connectivity index is 1.70. The van der Waals surface area contributed by atoms with Crippen molar-refractivity contribution in [1.82, 2.24) is 4.98 Å². The number of alkyl halides is 3. The second-order valence-electron chi connectivity index (χ2n) is 5.29. The third kappa shape index (κ3) is 5.45. The molecule has 1 aromatic heterocycles. The van der Waals surface area contributed by atoms with Crippen LogP contribution in [0.15, 0.2) is 59.4 Å². The van der Waals surface area contributed by atoms with Gasteiger partial charge in [0.2, 0.25) is 0 Å². The van der Waals surface area contributed by atoms with Gasteiger partial charge >= 0.3 is 6.36 Å². The second kappa shape index (κ2) is 8.09. The van der Waals surface area contributed by atoms with E-state index in [9.17, 15) is 18.0 Å². The predicted molar refractivity (Wildman–Crippen MR) is 94.0 cm³/mol. The number of anilines is 1. The number of rotatable bonds is 6. The molecule has 1 N–H and O–H groups in total. The van der Waals surface area contributed by atoms with Gasteiger partial charge in [0.1, 0.15) is 12.4 Å². The van der Waals surface area contributed by atoms with Gasteiger partial charge in [0.05, 0.1) is 16.9 Å². The average molecular weight is 394 g/mol. The zero-order chi connectivity index (χ0) is 19.3. The van der Waals surface area contributed by atoms with Crippen LogP contribution in [0.3, 0.4) is 0 Å². The van der Waals surface area contributed by atoms with Crippen molar-refractivity contribution in [2.75, 3.05) is 5.32 Å². The number of benzene rings is 2. The number of halogens is 3. The molecule has 1 amide bonds. The Morgan fingerprint density at radius 1 is 1.15 bits per heavy atom. The summed E-state index contributed by atoms with van der Waals surface area (Å²) in [7, 11) is 0. The number of para-hydroxylation sites is 2. The Morgan fingerprint density at radius 3 is 2.70 bits per heavy atom. The SMILES string of the molecule is O=C(Nc1ccccc1OC(F)(F)F)c1cccc(OCc2cscn2)c1. The van der Waals surface area contributed by atoms with Crippen LogP contribution in [0.5, 0.6) is 11.5 Å². The molecule has 1 heterocycles. The fourth-order valence-electron chi connectivity index (χ4n) is 2.17. The lowest BCUT2D eigenvalue weighted by molar-refractivity contribution is -0.274. The van der Waals surface area contributed by atoms with E-state index in [0.717, 1.165) is 11.8 Å². The first-order valence-electron chi connectivity index (χ1n) is 7.67. The van der Waals surface area contributed by atoms with E-state index in [2.05, 4.69) is 15.0 Å². The molecule has 0 aliphatic rings. The summed E-state index contributed by atoms with van der Waals surface area (Å²) in [6, 6.07) is 11.6. The zero-order valence-electron chi connectivity index (χ0n) is 13.7. The fourth-order valence-corrected chi connectivity index (χ4v) is 2.71. The number of hydrogen-bond donors (Lipinski definition) is 1. The van der Waals surface area contributed by atoms with E-state index in [1.165, 1.54) is 41.7 Å². The number of nitrogens with one attached hydrogen (secondary N) is 1. The van der Waals surface area contributed by atoms with Crippen LogP contribution >= 0.6 is 11.3 Å². The van der Waals surface area contributed by atoms with E-state index >= 15 is 0 Å². The van der Waals surface area contributed by atoms with Crippen molar-refractivity contribution in [3.63, 3.8) is 0 Å². The maximum absolute atomic E-state index is 12.5. The number of carbonyl (C=O) groups is 1. The molecule has 140 valence electrons. The minimum atomic E-state index is -4.86. The lowest BCUT2D eigenvalue weighted by Gasteiger charge is -2.14. The van der Waals surface area contributed by atoms with E-state index in [-0.39, 0.29) is 17.9 Å². The molecule has 3 aromatic rings. The summed E-state index contributed by atoms with van der Waals surface area (Å²) in [5, 5.41) is 4.26. The standard InChI is InChI=1S/C18H13F3N2O3S/c19-18(20,21)26-16-7-2-1-6-15(16)23-17(24)12-4-3-5-14(8-12)25-9-13-10-27-11-22-13/h1-8,10-11H,9H2,(H,23,24). The van der Waals surface area contributed by atoms with Crippen LogP contribution in [-0.2, 0) is 6.61 Å². The van der Waals surface area contributed by atoms with Gasteiger partial charge in [-0.3, -0.25) is 4.79 Å². The summed E-state index contributed by atoms with van der Waals surface area (Å²) in [4.78, 5) is 16.5. The summed E-state index contributed by atoms with van der Waals surface area (Å²) in [5.41, 5.74) is 2.58. The van der Waals surface area contributed by atoms with Crippen molar-refractivity contribution < 1.29 is 27.4 Å². The van der Waals surface area contributed by atoms with Crippen molar-refractivity contribution in [3.05, 3.63) is 70.7 Å². The third-order valence-electron chi connectivity index (χ3n) is 3.33. The molecular formula is C18H13F3N2O3S. The van der Waals surface area contributed by atoms with Crippen molar-refractivity contribution in [2.24, 2.45) is 0 Å². The zero-order valence-corrected chi connectivity index (χ0v) is 14.5. The Kier molecular flexibility index (Phi) is 5.60. The van der Waals surface area contributed by atoms with Gasteiger partial charge in [-0.25, -0.2) is 4.98 Å². The van der Waals surface area contributed by atoms with Gasteiger partial charge in [-0.1, -0.05) is 18.2 Å². The molecule has 0 unspecified atom stereocenters. The number of thiazole rings is 1. The third-order valence-corrected chi connectivity index (χ3v) is 3.96. The van der Waals surface area contributed by atoms with E-state index in [1.54, 1.807) is 17.6 Å². The van der Waals surface area contributed by atoms with Crippen LogP contribution in [0, 0.1) is 0 Å². The van der Waals surface area contributed by atoms with Gasteiger partial charge in [-0.05, 0) is 30.3 Å². The maximum Gasteiger partial charge on any atom is 0.573 e. The van der Waals surface area contributed by atoms with Crippen LogP contribution in [0.4, 0.5) is 18.9 Å². The smallest absolute Gasteiger partial charge is 0.487 e. The van der Waals surface area contributed by atoms with Gasteiger partial charge in [0.25, 0.3) is 5.91 Å². The Labute approximate surface area is 156 Å². The molecule has 0 atom stereocenters. The number of carbonyl (C=O) groups excluding carboxylic acids is 1. The normalized spacial score (nSPS) is 11.1.